The maximum absolute atomic E-state index is 12.8. The predicted molar refractivity (Wildman–Crippen MR) is 85.5 cm³/mol. The van der Waals surface area contributed by atoms with Crippen LogP contribution in [0.25, 0.3) is 0 Å². The van der Waals surface area contributed by atoms with Gasteiger partial charge in [0.1, 0.15) is 0 Å². The highest BCUT2D eigenvalue weighted by molar-refractivity contribution is 7.10. The first-order chi connectivity index (χ1) is 10.7. The lowest BCUT2D eigenvalue weighted by Gasteiger charge is -2.29. The Balaban J connectivity index is 1.42. The van der Waals surface area contributed by atoms with Gasteiger partial charge in [0, 0.05) is 37.0 Å². The second-order valence-electron chi connectivity index (χ2n) is 6.76. The fraction of sp³-hybridized carbons (Fsp3) is 0.647. The van der Waals surface area contributed by atoms with Crippen molar-refractivity contribution >= 4 is 23.2 Å². The van der Waals surface area contributed by atoms with E-state index < -0.39 is 0 Å². The number of carbonyl (C=O) groups is 2. The van der Waals surface area contributed by atoms with Crippen LogP contribution < -0.4 is 0 Å². The average Bonchev–Trinajstić information content (AvgIpc) is 3.25. The maximum Gasteiger partial charge on any atom is 0.228 e. The summed E-state index contributed by atoms with van der Waals surface area (Å²) in [5.74, 6) is 0.262. The molecule has 1 atom stereocenters. The van der Waals surface area contributed by atoms with Crippen LogP contribution in [0.5, 0.6) is 0 Å². The topological polar surface area (TPSA) is 40.6 Å². The molecular weight excluding hydrogens is 296 g/mol. The zero-order valence-electron chi connectivity index (χ0n) is 12.8. The van der Waals surface area contributed by atoms with E-state index in [0.29, 0.717) is 19.0 Å². The van der Waals surface area contributed by atoms with E-state index in [4.69, 9.17) is 0 Å². The van der Waals surface area contributed by atoms with Gasteiger partial charge in [-0.3, -0.25) is 9.59 Å². The number of rotatable bonds is 2. The molecule has 1 aliphatic carbocycles. The monoisotopic (exact) mass is 318 g/mol. The molecule has 0 aromatic carbocycles. The molecule has 1 saturated carbocycles. The summed E-state index contributed by atoms with van der Waals surface area (Å²) < 4.78 is 0. The first-order valence-corrected chi connectivity index (χ1v) is 9.24. The number of likely N-dealkylation sites (tertiary alicyclic amines) is 1. The van der Waals surface area contributed by atoms with Gasteiger partial charge in [0.05, 0.1) is 5.92 Å². The molecule has 0 N–H and O–H groups in total. The quantitative estimate of drug-likeness (QED) is 0.840. The molecule has 4 nitrogen and oxygen atoms in total. The van der Waals surface area contributed by atoms with Crippen molar-refractivity contribution < 1.29 is 9.59 Å². The van der Waals surface area contributed by atoms with Gasteiger partial charge in [0.15, 0.2) is 0 Å². The van der Waals surface area contributed by atoms with Gasteiger partial charge in [-0.25, -0.2) is 0 Å². The van der Waals surface area contributed by atoms with Crippen molar-refractivity contribution in [2.75, 3.05) is 13.1 Å². The van der Waals surface area contributed by atoms with Crippen LogP contribution in [0.1, 0.15) is 42.5 Å². The van der Waals surface area contributed by atoms with Crippen LogP contribution in [0.2, 0.25) is 0 Å². The maximum atomic E-state index is 12.8. The Kier molecular flexibility index (Phi) is 3.68. The molecule has 2 amide bonds. The molecule has 4 rings (SSSR count). The molecule has 1 saturated heterocycles. The van der Waals surface area contributed by atoms with E-state index in [1.807, 2.05) is 9.80 Å². The number of thiophene rings is 1. The number of hydrogen-bond acceptors (Lipinski definition) is 3. The van der Waals surface area contributed by atoms with E-state index in [1.165, 1.54) is 23.3 Å². The number of carbonyl (C=O) groups excluding carboxylic acids is 2. The van der Waals surface area contributed by atoms with Crippen LogP contribution in [0.4, 0.5) is 0 Å². The number of hydrogen-bond donors (Lipinski definition) is 0. The third-order valence-corrected chi connectivity index (χ3v) is 6.42. The fourth-order valence-electron chi connectivity index (χ4n) is 4.16. The summed E-state index contributed by atoms with van der Waals surface area (Å²) >= 11 is 1.79. The zero-order valence-corrected chi connectivity index (χ0v) is 13.6. The van der Waals surface area contributed by atoms with Gasteiger partial charge in [0.2, 0.25) is 11.8 Å². The van der Waals surface area contributed by atoms with Gasteiger partial charge in [-0.2, -0.15) is 0 Å². The minimum atomic E-state index is -0.117. The van der Waals surface area contributed by atoms with Crippen LogP contribution >= 0.6 is 11.3 Å². The van der Waals surface area contributed by atoms with Gasteiger partial charge < -0.3 is 9.80 Å². The molecule has 0 spiro atoms. The Labute approximate surface area is 135 Å². The number of amides is 2. The molecular formula is C17H22N2O2S. The summed E-state index contributed by atoms with van der Waals surface area (Å²) in [7, 11) is 0. The first kappa shape index (κ1) is 14.2. The molecule has 22 heavy (non-hydrogen) atoms. The minimum Gasteiger partial charge on any atom is -0.339 e. The summed E-state index contributed by atoms with van der Waals surface area (Å²) in [6.07, 6.45) is 6.07. The third kappa shape index (κ3) is 2.45. The van der Waals surface area contributed by atoms with Crippen molar-refractivity contribution in [2.45, 2.75) is 51.1 Å². The van der Waals surface area contributed by atoms with Crippen LogP contribution in [-0.4, -0.2) is 40.7 Å². The summed E-state index contributed by atoms with van der Waals surface area (Å²) in [5.41, 5.74) is 1.29. The Morgan fingerprint density at radius 1 is 1.27 bits per heavy atom. The minimum absolute atomic E-state index is 0.117. The number of nitrogens with zero attached hydrogens (tertiary/aromatic N) is 2. The molecule has 0 bridgehead atoms. The second-order valence-corrected chi connectivity index (χ2v) is 7.76. The largest absolute Gasteiger partial charge is 0.339 e. The molecule has 1 aromatic rings. The highest BCUT2D eigenvalue weighted by Gasteiger charge is 2.40. The van der Waals surface area contributed by atoms with E-state index in [1.54, 1.807) is 11.3 Å². The van der Waals surface area contributed by atoms with Crippen molar-refractivity contribution in [1.82, 2.24) is 9.80 Å². The lowest BCUT2D eigenvalue weighted by atomic mass is 10.0. The van der Waals surface area contributed by atoms with Crippen molar-refractivity contribution in [3.8, 4) is 0 Å². The van der Waals surface area contributed by atoms with Gasteiger partial charge in [-0.15, -0.1) is 11.3 Å². The van der Waals surface area contributed by atoms with Gasteiger partial charge in [-0.05, 0) is 36.3 Å². The van der Waals surface area contributed by atoms with Gasteiger partial charge >= 0.3 is 0 Å². The van der Waals surface area contributed by atoms with E-state index in [2.05, 4.69) is 11.4 Å². The van der Waals surface area contributed by atoms with E-state index in [-0.39, 0.29) is 17.7 Å². The Morgan fingerprint density at radius 3 is 2.91 bits per heavy atom. The van der Waals surface area contributed by atoms with Crippen LogP contribution in [0, 0.1) is 5.92 Å². The molecule has 2 aliphatic heterocycles. The van der Waals surface area contributed by atoms with E-state index >= 15 is 0 Å². The first-order valence-electron chi connectivity index (χ1n) is 8.36. The van der Waals surface area contributed by atoms with Crippen molar-refractivity contribution in [3.63, 3.8) is 0 Å². The molecule has 5 heteroatoms. The Hall–Kier alpha value is -1.36. The van der Waals surface area contributed by atoms with Gasteiger partial charge in [0.25, 0.3) is 0 Å². The lowest BCUT2D eigenvalue weighted by molar-refractivity contribution is -0.136. The normalized spacial score (nSPS) is 25.8. The van der Waals surface area contributed by atoms with Crippen molar-refractivity contribution in [2.24, 2.45) is 5.92 Å². The molecule has 1 aromatic heterocycles. The Bertz CT molecular complexity index is 591. The fourth-order valence-corrected chi connectivity index (χ4v) is 5.05. The number of fused-ring (bicyclic) bond motifs is 1. The predicted octanol–water partition coefficient (Wildman–Crippen LogP) is 2.42. The van der Waals surface area contributed by atoms with Crippen LogP contribution in [-0.2, 0) is 22.6 Å². The second kappa shape index (κ2) is 5.69. The Morgan fingerprint density at radius 2 is 2.09 bits per heavy atom. The average molecular weight is 318 g/mol. The zero-order chi connectivity index (χ0) is 15.1. The van der Waals surface area contributed by atoms with E-state index in [0.717, 1.165) is 32.4 Å². The summed E-state index contributed by atoms with van der Waals surface area (Å²) in [6.45, 7) is 2.18. The van der Waals surface area contributed by atoms with E-state index in [9.17, 15) is 9.59 Å². The SMILES string of the molecule is O=C([C@@H]1CC(=O)N(C2CCCC2)C1)N1CCc2sccc2C1. The van der Waals surface area contributed by atoms with Gasteiger partial charge in [-0.1, -0.05) is 12.8 Å². The molecule has 118 valence electrons. The molecule has 2 fully saturated rings. The highest BCUT2D eigenvalue weighted by Crippen LogP contribution is 2.31. The lowest BCUT2D eigenvalue weighted by Crippen LogP contribution is -2.41. The van der Waals surface area contributed by atoms with Crippen LogP contribution in [0.3, 0.4) is 0 Å². The summed E-state index contributed by atoms with van der Waals surface area (Å²) in [4.78, 5) is 30.4. The third-order valence-electron chi connectivity index (χ3n) is 5.39. The summed E-state index contributed by atoms with van der Waals surface area (Å²) in [5, 5.41) is 2.11. The molecule has 0 radical (unpaired) electrons. The standard InChI is InChI=1S/C17H22N2O2S/c20-16-9-13(11-19(16)14-3-1-2-4-14)17(21)18-7-5-15-12(10-18)6-8-22-15/h6,8,13-14H,1-5,7,9-11H2/t13-/m1/s1. The molecule has 3 heterocycles. The smallest absolute Gasteiger partial charge is 0.228 e. The van der Waals surface area contributed by atoms with Crippen LogP contribution in [0.15, 0.2) is 11.4 Å². The molecule has 0 unspecified atom stereocenters. The summed E-state index contributed by atoms with van der Waals surface area (Å²) in [6, 6.07) is 2.53. The van der Waals surface area contributed by atoms with Crippen molar-refractivity contribution in [3.05, 3.63) is 21.9 Å². The van der Waals surface area contributed by atoms with Crippen molar-refractivity contribution in [1.29, 1.82) is 0 Å². The highest BCUT2D eigenvalue weighted by atomic mass is 32.1. The molecule has 3 aliphatic rings.